The molecule has 0 amide bonds. The van der Waals surface area contributed by atoms with E-state index in [-0.39, 0.29) is 13.2 Å². The Morgan fingerprint density at radius 3 is 1.29 bits per heavy atom. The van der Waals surface area contributed by atoms with Gasteiger partial charge >= 0.3 is 11.9 Å². The van der Waals surface area contributed by atoms with Gasteiger partial charge in [0, 0.05) is 0 Å². The average molecular weight is 386 g/mol. The second kappa shape index (κ2) is 13.2. The van der Waals surface area contributed by atoms with Crippen LogP contribution in [-0.4, -0.2) is 38.4 Å². The lowest BCUT2D eigenvalue weighted by Crippen LogP contribution is -2.21. The van der Waals surface area contributed by atoms with Gasteiger partial charge in [0.25, 0.3) is 0 Å². The highest BCUT2D eigenvalue weighted by Gasteiger charge is 2.16. The van der Waals surface area contributed by atoms with Crippen LogP contribution in [0.1, 0.15) is 25.7 Å². The highest BCUT2D eigenvalue weighted by Crippen LogP contribution is 2.09. The van der Waals surface area contributed by atoms with Crippen molar-refractivity contribution in [1.29, 1.82) is 0 Å². The largest absolute Gasteiger partial charge is 0.494 e. The number of ether oxygens (including phenoxy) is 4. The zero-order valence-corrected chi connectivity index (χ0v) is 15.9. The Kier molecular flexibility index (Phi) is 10.0. The maximum absolute atomic E-state index is 11.5. The Balaban J connectivity index is 1.42. The summed E-state index contributed by atoms with van der Waals surface area (Å²) in [7, 11) is 0. The second-order valence-corrected chi connectivity index (χ2v) is 6.01. The summed E-state index contributed by atoms with van der Waals surface area (Å²) < 4.78 is 20.9. The van der Waals surface area contributed by atoms with Gasteiger partial charge in [-0.25, -0.2) is 9.59 Å². The van der Waals surface area contributed by atoms with Crippen molar-refractivity contribution in [2.24, 2.45) is 0 Å². The molecule has 6 heteroatoms. The Bertz CT molecular complexity index is 625. The van der Waals surface area contributed by atoms with Crippen molar-refractivity contribution in [3.8, 4) is 11.5 Å². The highest BCUT2D eigenvalue weighted by atomic mass is 16.6. The number of carbonyl (C=O) groups is 2. The van der Waals surface area contributed by atoms with Crippen molar-refractivity contribution in [3.05, 3.63) is 60.7 Å². The quantitative estimate of drug-likeness (QED) is 0.314. The molecule has 0 saturated heterocycles. The number of para-hydroxylation sites is 2. The molecule has 2 aromatic rings. The molecule has 0 fully saturated rings. The van der Waals surface area contributed by atoms with Crippen LogP contribution in [0.4, 0.5) is 0 Å². The van der Waals surface area contributed by atoms with Crippen molar-refractivity contribution in [2.45, 2.75) is 25.7 Å². The molecule has 0 bridgehead atoms. The summed E-state index contributed by atoms with van der Waals surface area (Å²) in [5.41, 5.74) is 0. The number of hydrogen-bond donors (Lipinski definition) is 0. The predicted molar refractivity (Wildman–Crippen MR) is 104 cm³/mol. The van der Waals surface area contributed by atoms with Gasteiger partial charge in [0.15, 0.2) is 0 Å². The predicted octanol–water partition coefficient (Wildman–Crippen LogP) is 3.79. The van der Waals surface area contributed by atoms with E-state index in [0.29, 0.717) is 26.1 Å². The first kappa shape index (κ1) is 21.3. The van der Waals surface area contributed by atoms with Gasteiger partial charge < -0.3 is 18.9 Å². The molecule has 0 N–H and O–H groups in total. The normalized spacial score (nSPS) is 10.1. The summed E-state index contributed by atoms with van der Waals surface area (Å²) >= 11 is 0. The highest BCUT2D eigenvalue weighted by molar-refractivity contribution is 6.29. The zero-order valence-electron chi connectivity index (χ0n) is 15.9. The van der Waals surface area contributed by atoms with E-state index in [0.717, 1.165) is 24.3 Å². The Morgan fingerprint density at radius 2 is 0.893 bits per heavy atom. The third kappa shape index (κ3) is 9.07. The molecule has 2 aromatic carbocycles. The van der Waals surface area contributed by atoms with Gasteiger partial charge in [0.05, 0.1) is 26.4 Å². The molecular weight excluding hydrogens is 360 g/mol. The molecule has 0 saturated carbocycles. The van der Waals surface area contributed by atoms with Crippen molar-refractivity contribution in [1.82, 2.24) is 0 Å². The summed E-state index contributed by atoms with van der Waals surface area (Å²) in [5.74, 6) is -0.302. The van der Waals surface area contributed by atoms with E-state index in [9.17, 15) is 9.59 Å². The van der Waals surface area contributed by atoms with Gasteiger partial charge in [-0.1, -0.05) is 36.4 Å². The van der Waals surface area contributed by atoms with Gasteiger partial charge in [-0.3, -0.25) is 0 Å². The van der Waals surface area contributed by atoms with Crippen LogP contribution >= 0.6 is 0 Å². The van der Waals surface area contributed by atoms with Crippen molar-refractivity contribution < 1.29 is 28.5 Å². The van der Waals surface area contributed by atoms with E-state index < -0.39 is 11.9 Å². The van der Waals surface area contributed by atoms with Crippen molar-refractivity contribution >= 4 is 11.9 Å². The number of hydrogen-bond acceptors (Lipinski definition) is 6. The molecule has 0 radical (unpaired) electrons. The summed E-state index contributed by atoms with van der Waals surface area (Å²) in [5, 5.41) is 0. The average Bonchev–Trinajstić information content (AvgIpc) is 2.74. The fraction of sp³-hybridized carbons (Fsp3) is 0.364. The molecule has 0 aliphatic carbocycles. The number of unbranched alkanes of at least 4 members (excludes halogenated alkanes) is 2. The molecule has 6 nitrogen and oxygen atoms in total. The lowest BCUT2D eigenvalue weighted by Gasteiger charge is -2.07. The zero-order chi connectivity index (χ0) is 19.9. The minimum atomic E-state index is -0.954. The Labute approximate surface area is 165 Å². The van der Waals surface area contributed by atoms with Gasteiger partial charge in [-0.2, -0.15) is 0 Å². The van der Waals surface area contributed by atoms with E-state index >= 15 is 0 Å². The SMILES string of the molecule is O=C(OCCCCOc1ccccc1)C(=O)OCCCCOc1ccccc1. The number of benzene rings is 2. The lowest BCUT2D eigenvalue weighted by molar-refractivity contribution is -0.167. The van der Waals surface area contributed by atoms with Crippen molar-refractivity contribution in [2.75, 3.05) is 26.4 Å². The number of carbonyl (C=O) groups excluding carboxylic acids is 2. The number of esters is 2. The molecule has 0 heterocycles. The van der Waals surface area contributed by atoms with E-state index in [1.54, 1.807) is 0 Å². The van der Waals surface area contributed by atoms with Gasteiger partial charge in [-0.15, -0.1) is 0 Å². The second-order valence-electron chi connectivity index (χ2n) is 6.01. The first-order chi connectivity index (χ1) is 13.8. The summed E-state index contributed by atoms with van der Waals surface area (Å²) in [6.45, 7) is 1.38. The van der Waals surface area contributed by atoms with Crippen LogP contribution < -0.4 is 9.47 Å². The minimum Gasteiger partial charge on any atom is -0.494 e. The summed E-state index contributed by atoms with van der Waals surface area (Å²) in [6.07, 6.45) is 2.67. The molecule has 0 aliphatic rings. The van der Waals surface area contributed by atoms with Crippen LogP contribution in [0, 0.1) is 0 Å². The maximum atomic E-state index is 11.5. The molecule has 0 atom stereocenters. The van der Waals surface area contributed by atoms with E-state index in [2.05, 4.69) is 0 Å². The monoisotopic (exact) mass is 386 g/mol. The van der Waals surface area contributed by atoms with Crippen LogP contribution in [0.2, 0.25) is 0 Å². The molecule has 0 aliphatic heterocycles. The molecule has 0 spiro atoms. The standard InChI is InChI=1S/C22H26O6/c23-21(27-17-9-7-15-25-19-11-3-1-4-12-19)22(24)28-18-10-8-16-26-20-13-5-2-6-14-20/h1-6,11-14H,7-10,15-18H2. The van der Waals surface area contributed by atoms with E-state index in [4.69, 9.17) is 18.9 Å². The summed E-state index contributed by atoms with van der Waals surface area (Å²) in [4.78, 5) is 23.1. The fourth-order valence-corrected chi connectivity index (χ4v) is 2.27. The first-order valence-corrected chi connectivity index (χ1v) is 9.45. The van der Waals surface area contributed by atoms with Gasteiger partial charge in [0.2, 0.25) is 0 Å². The van der Waals surface area contributed by atoms with Crippen molar-refractivity contribution in [3.63, 3.8) is 0 Å². The smallest absolute Gasteiger partial charge is 0.417 e. The molecule has 150 valence electrons. The van der Waals surface area contributed by atoms with E-state index in [1.807, 2.05) is 60.7 Å². The first-order valence-electron chi connectivity index (χ1n) is 9.45. The van der Waals surface area contributed by atoms with Gasteiger partial charge in [-0.05, 0) is 49.9 Å². The minimum absolute atomic E-state index is 0.164. The fourth-order valence-electron chi connectivity index (χ4n) is 2.27. The van der Waals surface area contributed by atoms with Crippen LogP contribution in [0.25, 0.3) is 0 Å². The van der Waals surface area contributed by atoms with Gasteiger partial charge in [0.1, 0.15) is 11.5 Å². The molecule has 28 heavy (non-hydrogen) atoms. The Morgan fingerprint density at radius 1 is 0.536 bits per heavy atom. The topological polar surface area (TPSA) is 71.1 Å². The molecular formula is C22H26O6. The Hall–Kier alpha value is -3.02. The number of rotatable bonds is 12. The molecule has 2 rings (SSSR count). The molecule has 0 unspecified atom stereocenters. The van der Waals surface area contributed by atoms with Crippen LogP contribution in [0.3, 0.4) is 0 Å². The van der Waals surface area contributed by atoms with E-state index in [1.165, 1.54) is 0 Å². The van der Waals surface area contributed by atoms with Crippen LogP contribution in [0.15, 0.2) is 60.7 Å². The third-order valence-electron chi connectivity index (χ3n) is 3.73. The third-order valence-corrected chi connectivity index (χ3v) is 3.73. The van der Waals surface area contributed by atoms with Crippen LogP contribution in [0.5, 0.6) is 11.5 Å². The maximum Gasteiger partial charge on any atom is 0.417 e. The van der Waals surface area contributed by atoms with Crippen LogP contribution in [-0.2, 0) is 19.1 Å². The summed E-state index contributed by atoms with van der Waals surface area (Å²) in [6, 6.07) is 19.0. The lowest BCUT2D eigenvalue weighted by atomic mass is 10.3. The molecule has 0 aromatic heterocycles.